The molecule has 164 valence electrons. The highest BCUT2D eigenvalue weighted by Gasteiger charge is 2.09. The van der Waals surface area contributed by atoms with Gasteiger partial charge in [0.05, 0.1) is 17.1 Å². The van der Waals surface area contributed by atoms with Gasteiger partial charge in [-0.1, -0.05) is 42.5 Å². The molecule has 0 atom stereocenters. The quantitative estimate of drug-likeness (QED) is 0.283. The van der Waals surface area contributed by atoms with Crippen LogP contribution < -0.4 is 16.4 Å². The van der Waals surface area contributed by atoms with Gasteiger partial charge in [-0.3, -0.25) is 9.59 Å². The lowest BCUT2D eigenvalue weighted by Crippen LogP contribution is -2.13. The van der Waals surface area contributed by atoms with Crippen molar-refractivity contribution in [3.8, 4) is 11.3 Å². The zero-order chi connectivity index (χ0) is 23.2. The first-order valence-electron chi connectivity index (χ1n) is 10.4. The molecule has 0 unspecified atom stereocenters. The van der Waals surface area contributed by atoms with E-state index < -0.39 is 0 Å². The van der Waals surface area contributed by atoms with Crippen LogP contribution in [-0.2, 0) is 6.54 Å². The number of aromatic nitrogens is 2. The Morgan fingerprint density at radius 3 is 2.45 bits per heavy atom. The first-order valence-corrected chi connectivity index (χ1v) is 10.4. The number of nitrogens with one attached hydrogen (secondary N) is 2. The molecule has 1 aromatic heterocycles. The largest absolute Gasteiger partial charge is 0.397 e. The number of Topliss-reactive ketones (excluding diaryl/α,β-unsaturated/α-hetero) is 1. The lowest BCUT2D eigenvalue weighted by atomic mass is 10.1. The molecule has 0 bridgehead atoms. The van der Waals surface area contributed by atoms with Gasteiger partial charge in [-0.05, 0) is 48.9 Å². The Hall–Kier alpha value is -4.52. The Kier molecular flexibility index (Phi) is 6.40. The Labute approximate surface area is 191 Å². The van der Waals surface area contributed by atoms with E-state index in [0.29, 0.717) is 35.0 Å². The Morgan fingerprint density at radius 1 is 0.909 bits per heavy atom. The van der Waals surface area contributed by atoms with Crippen molar-refractivity contribution in [1.29, 1.82) is 0 Å². The third-order valence-corrected chi connectivity index (χ3v) is 5.10. The summed E-state index contributed by atoms with van der Waals surface area (Å²) < 4.78 is 0. The summed E-state index contributed by atoms with van der Waals surface area (Å²) in [7, 11) is 0. The highest BCUT2D eigenvalue weighted by atomic mass is 16.1. The van der Waals surface area contributed by atoms with E-state index in [1.807, 2.05) is 42.5 Å². The number of hydrogen-bond donors (Lipinski definition) is 3. The van der Waals surface area contributed by atoms with Crippen LogP contribution in [0.1, 0.15) is 33.2 Å². The van der Waals surface area contributed by atoms with Gasteiger partial charge in [0.2, 0.25) is 5.95 Å². The summed E-state index contributed by atoms with van der Waals surface area (Å²) in [5.74, 6) is 0.256. The molecule has 0 spiro atoms. The van der Waals surface area contributed by atoms with Crippen molar-refractivity contribution < 1.29 is 9.59 Å². The fraction of sp³-hybridized carbons (Fsp3) is 0.0769. The lowest BCUT2D eigenvalue weighted by Gasteiger charge is -2.09. The lowest BCUT2D eigenvalue weighted by molar-refractivity contribution is 0.101. The minimum absolute atomic E-state index is 0.00798. The molecule has 33 heavy (non-hydrogen) atoms. The van der Waals surface area contributed by atoms with E-state index in [4.69, 9.17) is 5.73 Å². The number of hydrogen-bond acceptors (Lipinski definition) is 6. The first-order chi connectivity index (χ1) is 16.0. The molecule has 0 radical (unpaired) electrons. The van der Waals surface area contributed by atoms with Gasteiger partial charge in [0, 0.05) is 29.4 Å². The molecule has 4 aromatic rings. The number of para-hydroxylation sites is 2. The van der Waals surface area contributed by atoms with Gasteiger partial charge in [-0.25, -0.2) is 9.97 Å². The van der Waals surface area contributed by atoms with E-state index in [-0.39, 0.29) is 11.7 Å². The van der Waals surface area contributed by atoms with Crippen molar-refractivity contribution in [2.75, 3.05) is 16.4 Å². The van der Waals surface area contributed by atoms with Gasteiger partial charge in [0.15, 0.2) is 5.78 Å². The van der Waals surface area contributed by atoms with E-state index in [2.05, 4.69) is 20.6 Å². The molecular weight excluding hydrogens is 414 g/mol. The molecule has 4 N–H and O–H groups in total. The minimum Gasteiger partial charge on any atom is -0.397 e. The Balaban J connectivity index is 1.40. The highest BCUT2D eigenvalue weighted by Crippen LogP contribution is 2.20. The molecule has 3 aromatic carbocycles. The van der Waals surface area contributed by atoms with Crippen LogP contribution in [0.15, 0.2) is 85.1 Å². The molecular formula is C26H23N5O2. The van der Waals surface area contributed by atoms with E-state index >= 15 is 0 Å². The fourth-order valence-corrected chi connectivity index (χ4v) is 3.26. The molecule has 1 heterocycles. The number of amides is 1. The number of ketones is 1. The van der Waals surface area contributed by atoms with Gasteiger partial charge >= 0.3 is 0 Å². The second kappa shape index (κ2) is 9.74. The molecule has 7 heteroatoms. The predicted octanol–water partition coefficient (Wildman–Crippen LogP) is 4.79. The third kappa shape index (κ3) is 5.40. The predicted molar refractivity (Wildman–Crippen MR) is 130 cm³/mol. The average molecular weight is 438 g/mol. The Bertz CT molecular complexity index is 1300. The number of carbonyl (C=O) groups is 2. The second-order valence-electron chi connectivity index (χ2n) is 7.49. The molecule has 7 nitrogen and oxygen atoms in total. The summed E-state index contributed by atoms with van der Waals surface area (Å²) in [6.45, 7) is 2.03. The molecule has 0 aliphatic carbocycles. The summed E-state index contributed by atoms with van der Waals surface area (Å²) in [4.78, 5) is 32.9. The maximum Gasteiger partial charge on any atom is 0.255 e. The standard InChI is InChI=1S/C26H23N5O2/c1-17(32)20-5-4-6-21(15-20)23-13-14-28-26(31-23)29-16-18-9-11-19(12-10-18)25(33)30-24-8-3-2-7-22(24)27/h2-15H,16,27H2,1H3,(H,30,33)(H,28,29,31). The summed E-state index contributed by atoms with van der Waals surface area (Å²) in [6.07, 6.45) is 1.67. The van der Waals surface area contributed by atoms with Crippen LogP contribution in [0.3, 0.4) is 0 Å². The van der Waals surface area contributed by atoms with E-state index in [0.717, 1.165) is 16.8 Å². The van der Waals surface area contributed by atoms with Crippen LogP contribution >= 0.6 is 0 Å². The number of carbonyl (C=O) groups excluding carboxylic acids is 2. The van der Waals surface area contributed by atoms with Crippen molar-refractivity contribution in [3.63, 3.8) is 0 Å². The van der Waals surface area contributed by atoms with Crippen molar-refractivity contribution in [2.45, 2.75) is 13.5 Å². The van der Waals surface area contributed by atoms with Gasteiger partial charge in [-0.15, -0.1) is 0 Å². The Morgan fingerprint density at radius 2 is 1.70 bits per heavy atom. The molecule has 1 amide bonds. The van der Waals surface area contributed by atoms with Crippen LogP contribution in [-0.4, -0.2) is 21.7 Å². The maximum absolute atomic E-state index is 12.5. The monoisotopic (exact) mass is 437 g/mol. The van der Waals surface area contributed by atoms with Crippen LogP contribution in [0.2, 0.25) is 0 Å². The summed E-state index contributed by atoms with van der Waals surface area (Å²) in [5.41, 5.74) is 10.7. The molecule has 0 saturated heterocycles. The first kappa shape index (κ1) is 21.7. The van der Waals surface area contributed by atoms with Crippen LogP contribution in [0.25, 0.3) is 11.3 Å². The summed E-state index contributed by atoms with van der Waals surface area (Å²) in [6, 6.07) is 23.5. The molecule has 4 rings (SSSR count). The van der Waals surface area contributed by atoms with E-state index in [1.165, 1.54) is 6.92 Å². The zero-order valence-corrected chi connectivity index (χ0v) is 18.1. The molecule has 0 aliphatic rings. The normalized spacial score (nSPS) is 10.5. The number of nitrogen functional groups attached to an aromatic ring is 1. The van der Waals surface area contributed by atoms with E-state index in [1.54, 1.807) is 42.6 Å². The molecule has 0 aliphatic heterocycles. The molecule has 0 fully saturated rings. The van der Waals surface area contributed by atoms with Crippen LogP contribution in [0.4, 0.5) is 17.3 Å². The number of nitrogens with two attached hydrogens (primary N) is 1. The van der Waals surface area contributed by atoms with Crippen LogP contribution in [0, 0.1) is 0 Å². The molecule has 0 saturated carbocycles. The summed E-state index contributed by atoms with van der Waals surface area (Å²) >= 11 is 0. The summed E-state index contributed by atoms with van der Waals surface area (Å²) in [5, 5.41) is 6.01. The topological polar surface area (TPSA) is 110 Å². The smallest absolute Gasteiger partial charge is 0.255 e. The average Bonchev–Trinajstić information content (AvgIpc) is 2.84. The minimum atomic E-state index is -0.226. The maximum atomic E-state index is 12.5. The fourth-order valence-electron chi connectivity index (χ4n) is 3.26. The SMILES string of the molecule is CC(=O)c1cccc(-c2ccnc(NCc3ccc(C(=O)Nc4ccccc4N)cc3)n2)c1. The van der Waals surface area contributed by atoms with Crippen LogP contribution in [0.5, 0.6) is 0 Å². The third-order valence-electron chi connectivity index (χ3n) is 5.10. The van der Waals surface area contributed by atoms with Gasteiger partial charge in [0.25, 0.3) is 5.91 Å². The van der Waals surface area contributed by atoms with Crippen molar-refractivity contribution in [2.24, 2.45) is 0 Å². The number of nitrogens with zero attached hydrogens (tertiary/aromatic N) is 2. The number of anilines is 3. The van der Waals surface area contributed by atoms with Crippen molar-refractivity contribution in [3.05, 3.63) is 102 Å². The van der Waals surface area contributed by atoms with Crippen molar-refractivity contribution >= 4 is 29.0 Å². The van der Waals surface area contributed by atoms with Gasteiger partial charge in [0.1, 0.15) is 0 Å². The number of benzene rings is 3. The second-order valence-corrected chi connectivity index (χ2v) is 7.49. The van der Waals surface area contributed by atoms with Crippen molar-refractivity contribution in [1.82, 2.24) is 9.97 Å². The zero-order valence-electron chi connectivity index (χ0n) is 18.1. The number of rotatable bonds is 7. The van der Waals surface area contributed by atoms with Gasteiger partial charge in [-0.2, -0.15) is 0 Å². The highest BCUT2D eigenvalue weighted by molar-refractivity contribution is 6.05. The van der Waals surface area contributed by atoms with E-state index in [9.17, 15) is 9.59 Å². The van der Waals surface area contributed by atoms with Gasteiger partial charge < -0.3 is 16.4 Å².